The molecule has 0 aromatic carbocycles. The number of hydrogen-bond acceptors (Lipinski definition) is 4. The number of ether oxygens (including phenoxy) is 1. The minimum absolute atomic E-state index is 0.394. The molecule has 2 rings (SSSR count). The number of nitrogens with two attached hydrogens (primary N) is 1. The first-order chi connectivity index (χ1) is 7.74. The van der Waals surface area contributed by atoms with Crippen LogP contribution in [0, 0.1) is 0 Å². The van der Waals surface area contributed by atoms with E-state index in [0.717, 1.165) is 25.4 Å². The monoisotopic (exact) mass is 221 g/mol. The van der Waals surface area contributed by atoms with Gasteiger partial charge in [-0.2, -0.15) is 0 Å². The maximum atomic E-state index is 5.64. The summed E-state index contributed by atoms with van der Waals surface area (Å²) in [4.78, 5) is 6.52. The van der Waals surface area contributed by atoms with Crippen LogP contribution in [0.5, 0.6) is 0 Å². The Bertz CT molecular complexity index is 337. The van der Waals surface area contributed by atoms with E-state index in [2.05, 4.69) is 16.9 Å². The summed E-state index contributed by atoms with van der Waals surface area (Å²) in [6.45, 7) is 2.70. The summed E-state index contributed by atoms with van der Waals surface area (Å²) >= 11 is 0. The zero-order chi connectivity index (χ0) is 11.4. The van der Waals surface area contributed by atoms with Gasteiger partial charge in [-0.15, -0.1) is 0 Å². The molecule has 1 aliphatic rings. The van der Waals surface area contributed by atoms with Gasteiger partial charge in [0.15, 0.2) is 0 Å². The third-order valence-corrected chi connectivity index (χ3v) is 2.80. The van der Waals surface area contributed by atoms with Crippen molar-refractivity contribution in [1.82, 2.24) is 9.88 Å². The number of rotatable bonds is 4. The zero-order valence-electron chi connectivity index (χ0n) is 9.72. The van der Waals surface area contributed by atoms with Crippen LogP contribution in [-0.4, -0.2) is 36.2 Å². The number of anilines is 1. The van der Waals surface area contributed by atoms with Crippen LogP contribution in [0.4, 0.5) is 5.82 Å². The SMILES string of the molecule is CN(Cc1cccc(N)n1)CC1CCCO1. The van der Waals surface area contributed by atoms with Crippen LogP contribution in [-0.2, 0) is 11.3 Å². The topological polar surface area (TPSA) is 51.4 Å². The molecule has 2 heterocycles. The van der Waals surface area contributed by atoms with E-state index in [1.807, 2.05) is 18.2 Å². The Hall–Kier alpha value is -1.13. The van der Waals surface area contributed by atoms with Crippen LogP contribution < -0.4 is 5.73 Å². The summed E-state index contributed by atoms with van der Waals surface area (Å²) in [5, 5.41) is 0. The number of aromatic nitrogens is 1. The zero-order valence-corrected chi connectivity index (χ0v) is 9.72. The molecular formula is C12H19N3O. The predicted octanol–water partition coefficient (Wildman–Crippen LogP) is 1.27. The molecule has 1 unspecified atom stereocenters. The molecule has 2 N–H and O–H groups in total. The summed E-state index contributed by atoms with van der Waals surface area (Å²) in [7, 11) is 2.09. The summed E-state index contributed by atoms with van der Waals surface area (Å²) in [6, 6.07) is 5.75. The average Bonchev–Trinajstić information content (AvgIpc) is 2.70. The molecule has 1 fully saturated rings. The molecule has 0 bridgehead atoms. The molecule has 1 aromatic rings. The fourth-order valence-corrected chi connectivity index (χ4v) is 2.06. The lowest BCUT2D eigenvalue weighted by molar-refractivity contribution is 0.0790. The molecule has 0 spiro atoms. The van der Waals surface area contributed by atoms with Crippen molar-refractivity contribution in [2.75, 3.05) is 25.9 Å². The maximum Gasteiger partial charge on any atom is 0.123 e. The first-order valence-electron chi connectivity index (χ1n) is 5.75. The standard InChI is InChI=1S/C12H19N3O/c1-15(9-11-5-3-7-16-11)8-10-4-2-6-12(13)14-10/h2,4,6,11H,3,5,7-9H2,1H3,(H2,13,14). The number of pyridine rings is 1. The highest BCUT2D eigenvalue weighted by Crippen LogP contribution is 2.13. The van der Waals surface area contributed by atoms with Crippen molar-refractivity contribution in [3.05, 3.63) is 23.9 Å². The van der Waals surface area contributed by atoms with Crippen molar-refractivity contribution in [2.45, 2.75) is 25.5 Å². The van der Waals surface area contributed by atoms with Gasteiger partial charge in [0, 0.05) is 19.7 Å². The van der Waals surface area contributed by atoms with E-state index < -0.39 is 0 Å². The van der Waals surface area contributed by atoms with Gasteiger partial charge < -0.3 is 10.5 Å². The van der Waals surface area contributed by atoms with Crippen molar-refractivity contribution in [2.24, 2.45) is 0 Å². The van der Waals surface area contributed by atoms with Crippen LogP contribution in [0.25, 0.3) is 0 Å². The van der Waals surface area contributed by atoms with E-state index in [9.17, 15) is 0 Å². The Morgan fingerprint density at radius 3 is 3.12 bits per heavy atom. The Morgan fingerprint density at radius 2 is 2.44 bits per heavy atom. The molecule has 0 aliphatic carbocycles. The molecule has 0 amide bonds. The Morgan fingerprint density at radius 1 is 1.56 bits per heavy atom. The Balaban J connectivity index is 1.84. The highest BCUT2D eigenvalue weighted by molar-refractivity contribution is 5.28. The van der Waals surface area contributed by atoms with E-state index in [1.54, 1.807) is 0 Å². The maximum absolute atomic E-state index is 5.64. The molecule has 88 valence electrons. The lowest BCUT2D eigenvalue weighted by Crippen LogP contribution is -2.28. The molecule has 0 radical (unpaired) electrons. The molecule has 1 aromatic heterocycles. The smallest absolute Gasteiger partial charge is 0.123 e. The van der Waals surface area contributed by atoms with E-state index in [0.29, 0.717) is 11.9 Å². The predicted molar refractivity (Wildman–Crippen MR) is 64.0 cm³/mol. The molecule has 16 heavy (non-hydrogen) atoms. The van der Waals surface area contributed by atoms with Crippen molar-refractivity contribution < 1.29 is 4.74 Å². The number of nitrogen functional groups attached to an aromatic ring is 1. The van der Waals surface area contributed by atoms with E-state index >= 15 is 0 Å². The van der Waals surface area contributed by atoms with Gasteiger partial charge in [0.25, 0.3) is 0 Å². The lowest BCUT2D eigenvalue weighted by Gasteiger charge is -2.20. The van der Waals surface area contributed by atoms with Crippen LogP contribution in [0.3, 0.4) is 0 Å². The molecule has 1 aliphatic heterocycles. The first-order valence-corrected chi connectivity index (χ1v) is 5.75. The highest BCUT2D eigenvalue weighted by Gasteiger charge is 2.17. The Labute approximate surface area is 96.4 Å². The van der Waals surface area contributed by atoms with Gasteiger partial charge in [-0.05, 0) is 32.0 Å². The normalized spacial score (nSPS) is 20.5. The average molecular weight is 221 g/mol. The summed E-state index contributed by atoms with van der Waals surface area (Å²) < 4.78 is 5.60. The summed E-state index contributed by atoms with van der Waals surface area (Å²) in [5.41, 5.74) is 6.66. The second kappa shape index (κ2) is 5.27. The number of nitrogens with zero attached hydrogens (tertiary/aromatic N) is 2. The molecule has 4 heteroatoms. The van der Waals surface area contributed by atoms with Gasteiger partial charge in [0.2, 0.25) is 0 Å². The van der Waals surface area contributed by atoms with Gasteiger partial charge in [-0.25, -0.2) is 4.98 Å². The summed E-state index contributed by atoms with van der Waals surface area (Å²) in [5.74, 6) is 0.586. The van der Waals surface area contributed by atoms with Gasteiger partial charge in [-0.3, -0.25) is 4.90 Å². The fourth-order valence-electron chi connectivity index (χ4n) is 2.06. The first kappa shape index (κ1) is 11.4. The molecule has 1 atom stereocenters. The highest BCUT2D eigenvalue weighted by atomic mass is 16.5. The van der Waals surface area contributed by atoms with Crippen molar-refractivity contribution in [3.63, 3.8) is 0 Å². The fraction of sp³-hybridized carbons (Fsp3) is 0.583. The molecular weight excluding hydrogens is 202 g/mol. The second-order valence-corrected chi connectivity index (χ2v) is 4.39. The van der Waals surface area contributed by atoms with Gasteiger partial charge >= 0.3 is 0 Å². The minimum Gasteiger partial charge on any atom is -0.384 e. The van der Waals surface area contributed by atoms with Crippen molar-refractivity contribution >= 4 is 5.82 Å². The number of likely N-dealkylation sites (N-methyl/N-ethyl adjacent to an activating group) is 1. The van der Waals surface area contributed by atoms with E-state index in [4.69, 9.17) is 10.5 Å². The Kier molecular flexibility index (Phi) is 3.74. The van der Waals surface area contributed by atoms with Crippen LogP contribution in [0.2, 0.25) is 0 Å². The van der Waals surface area contributed by atoms with Gasteiger partial charge in [-0.1, -0.05) is 6.07 Å². The quantitative estimate of drug-likeness (QED) is 0.832. The molecule has 0 saturated carbocycles. The molecule has 4 nitrogen and oxygen atoms in total. The van der Waals surface area contributed by atoms with Crippen LogP contribution in [0.15, 0.2) is 18.2 Å². The summed E-state index contributed by atoms with van der Waals surface area (Å²) in [6.07, 6.45) is 2.76. The minimum atomic E-state index is 0.394. The lowest BCUT2D eigenvalue weighted by atomic mass is 10.2. The third kappa shape index (κ3) is 3.18. The van der Waals surface area contributed by atoms with Crippen molar-refractivity contribution in [3.8, 4) is 0 Å². The number of hydrogen-bond donors (Lipinski definition) is 1. The van der Waals surface area contributed by atoms with Gasteiger partial charge in [0.05, 0.1) is 11.8 Å². The van der Waals surface area contributed by atoms with Gasteiger partial charge in [0.1, 0.15) is 5.82 Å². The van der Waals surface area contributed by atoms with E-state index in [-0.39, 0.29) is 0 Å². The van der Waals surface area contributed by atoms with Crippen molar-refractivity contribution in [1.29, 1.82) is 0 Å². The molecule has 1 saturated heterocycles. The van der Waals surface area contributed by atoms with Crippen LogP contribution in [0.1, 0.15) is 18.5 Å². The van der Waals surface area contributed by atoms with E-state index in [1.165, 1.54) is 12.8 Å². The van der Waals surface area contributed by atoms with Crippen LogP contribution >= 0.6 is 0 Å². The second-order valence-electron chi connectivity index (χ2n) is 4.39. The third-order valence-electron chi connectivity index (χ3n) is 2.80. The largest absolute Gasteiger partial charge is 0.384 e.